The topological polar surface area (TPSA) is 3.24 Å². The molecule has 0 aliphatic heterocycles. The molecule has 0 amide bonds. The number of benzene rings is 9. The van der Waals surface area contributed by atoms with E-state index in [0.717, 1.165) is 17.1 Å². The largest absolute Gasteiger partial charge is 0.311 e. The second-order valence-electron chi connectivity index (χ2n) is 12.9. The first kappa shape index (κ1) is 30.4. The van der Waals surface area contributed by atoms with Gasteiger partial charge in [-0.15, -0.1) is 0 Å². The van der Waals surface area contributed by atoms with Crippen LogP contribution in [0.2, 0.25) is 0 Å². The summed E-state index contributed by atoms with van der Waals surface area (Å²) in [6, 6.07) is 76.5. The number of fused-ring (bicyclic) bond motifs is 3. The first-order chi connectivity index (χ1) is 25.3. The van der Waals surface area contributed by atoms with E-state index in [2.05, 4.69) is 217 Å². The van der Waals surface area contributed by atoms with Crippen LogP contribution in [0.25, 0.3) is 66.1 Å². The number of hydrogen-bond acceptors (Lipinski definition) is 1. The lowest BCUT2D eigenvalue weighted by Gasteiger charge is -2.26. The average molecular weight is 650 g/mol. The molecule has 1 heteroatoms. The van der Waals surface area contributed by atoms with Crippen LogP contribution in [0.3, 0.4) is 0 Å². The van der Waals surface area contributed by atoms with Crippen LogP contribution in [-0.4, -0.2) is 0 Å². The molecule has 9 aromatic rings. The maximum atomic E-state index is 2.38. The quantitative estimate of drug-likeness (QED) is 0.155. The van der Waals surface area contributed by atoms with Crippen molar-refractivity contribution in [1.82, 2.24) is 0 Å². The van der Waals surface area contributed by atoms with E-state index in [1.807, 2.05) is 0 Å². The van der Waals surface area contributed by atoms with Crippen molar-refractivity contribution < 1.29 is 0 Å². The van der Waals surface area contributed by atoms with E-state index in [1.165, 1.54) is 66.1 Å². The van der Waals surface area contributed by atoms with Gasteiger partial charge in [-0.2, -0.15) is 0 Å². The molecule has 0 radical (unpaired) electrons. The van der Waals surface area contributed by atoms with Gasteiger partial charge in [0, 0.05) is 17.1 Å². The first-order valence-corrected chi connectivity index (χ1v) is 17.5. The summed E-state index contributed by atoms with van der Waals surface area (Å²) in [6.07, 6.45) is 0. The Hall–Kier alpha value is -6.70. The molecule has 0 fully saturated rings. The molecule has 0 saturated heterocycles. The number of anilines is 3. The highest BCUT2D eigenvalue weighted by molar-refractivity contribution is 6.17. The molecule has 0 bridgehead atoms. The van der Waals surface area contributed by atoms with Crippen LogP contribution in [0, 0.1) is 0 Å². The molecule has 0 heterocycles. The highest BCUT2D eigenvalue weighted by Crippen LogP contribution is 2.41. The van der Waals surface area contributed by atoms with E-state index in [4.69, 9.17) is 0 Å². The Balaban J connectivity index is 1.14. The molecule has 9 rings (SSSR count). The van der Waals surface area contributed by atoms with E-state index >= 15 is 0 Å². The third-order valence-corrected chi connectivity index (χ3v) is 9.89. The molecule has 1 nitrogen and oxygen atoms in total. The van der Waals surface area contributed by atoms with Crippen molar-refractivity contribution in [2.24, 2.45) is 0 Å². The minimum Gasteiger partial charge on any atom is -0.311 e. The maximum Gasteiger partial charge on any atom is 0.0462 e. The van der Waals surface area contributed by atoms with Crippen LogP contribution >= 0.6 is 0 Å². The monoisotopic (exact) mass is 649 g/mol. The second-order valence-corrected chi connectivity index (χ2v) is 12.9. The van der Waals surface area contributed by atoms with E-state index in [1.54, 1.807) is 0 Å². The molecule has 0 N–H and O–H groups in total. The predicted octanol–water partition coefficient (Wildman–Crippen LogP) is 14.1. The summed E-state index contributed by atoms with van der Waals surface area (Å²) in [7, 11) is 0. The molecule has 0 saturated carbocycles. The fourth-order valence-corrected chi connectivity index (χ4v) is 7.34. The lowest BCUT2D eigenvalue weighted by Crippen LogP contribution is -2.09. The minimum atomic E-state index is 1.11. The molecule has 0 spiro atoms. The SMILES string of the molecule is c1ccc(-c2ccc(N(c3ccc(-c4ccccc4)cc3)c3ccc(-c4cccc5c4cc(-c4ccccc4)c4ccccc45)cc3)cc2)cc1. The zero-order valence-corrected chi connectivity index (χ0v) is 28.2. The summed E-state index contributed by atoms with van der Waals surface area (Å²) in [5.41, 5.74) is 13.1. The Morgan fingerprint density at radius 1 is 0.216 bits per heavy atom. The van der Waals surface area contributed by atoms with Gasteiger partial charge in [0.05, 0.1) is 0 Å². The third kappa shape index (κ3) is 5.86. The average Bonchev–Trinajstić information content (AvgIpc) is 3.22. The Morgan fingerprint density at radius 3 is 1.08 bits per heavy atom. The third-order valence-electron chi connectivity index (χ3n) is 9.89. The van der Waals surface area contributed by atoms with E-state index < -0.39 is 0 Å². The van der Waals surface area contributed by atoms with Crippen LogP contribution in [0.4, 0.5) is 17.1 Å². The predicted molar refractivity (Wildman–Crippen MR) is 218 cm³/mol. The van der Waals surface area contributed by atoms with Gasteiger partial charge in [-0.1, -0.05) is 170 Å². The molecule has 51 heavy (non-hydrogen) atoms. The van der Waals surface area contributed by atoms with Crippen molar-refractivity contribution in [3.63, 3.8) is 0 Å². The van der Waals surface area contributed by atoms with E-state index in [9.17, 15) is 0 Å². The van der Waals surface area contributed by atoms with E-state index in [0.29, 0.717) is 0 Å². The summed E-state index contributed by atoms with van der Waals surface area (Å²) in [5.74, 6) is 0. The van der Waals surface area contributed by atoms with Crippen LogP contribution in [0.5, 0.6) is 0 Å². The Labute approximate surface area is 299 Å². The van der Waals surface area contributed by atoms with Crippen LogP contribution < -0.4 is 4.90 Å². The lowest BCUT2D eigenvalue weighted by atomic mass is 9.89. The van der Waals surface area contributed by atoms with Gasteiger partial charge in [0.25, 0.3) is 0 Å². The van der Waals surface area contributed by atoms with Gasteiger partial charge in [0.15, 0.2) is 0 Å². The second kappa shape index (κ2) is 13.3. The molecule has 0 aromatic heterocycles. The summed E-state index contributed by atoms with van der Waals surface area (Å²) in [4.78, 5) is 2.34. The molecule has 9 aromatic carbocycles. The van der Waals surface area contributed by atoms with Crippen molar-refractivity contribution in [3.05, 3.63) is 212 Å². The summed E-state index contributed by atoms with van der Waals surface area (Å²) in [6.45, 7) is 0. The summed E-state index contributed by atoms with van der Waals surface area (Å²) < 4.78 is 0. The van der Waals surface area contributed by atoms with Gasteiger partial charge in [-0.05, 0) is 109 Å². The Kier molecular flexibility index (Phi) is 7.92. The van der Waals surface area contributed by atoms with Crippen LogP contribution in [-0.2, 0) is 0 Å². The zero-order valence-electron chi connectivity index (χ0n) is 28.2. The van der Waals surface area contributed by atoms with Crippen molar-refractivity contribution in [3.8, 4) is 44.5 Å². The van der Waals surface area contributed by atoms with Gasteiger partial charge in [-0.3, -0.25) is 0 Å². The number of nitrogens with zero attached hydrogens (tertiary/aromatic N) is 1. The van der Waals surface area contributed by atoms with Gasteiger partial charge >= 0.3 is 0 Å². The molecule has 0 aliphatic carbocycles. The van der Waals surface area contributed by atoms with Crippen molar-refractivity contribution >= 4 is 38.6 Å². The number of rotatable bonds is 7. The van der Waals surface area contributed by atoms with Crippen molar-refractivity contribution in [2.75, 3.05) is 4.90 Å². The normalized spacial score (nSPS) is 11.1. The van der Waals surface area contributed by atoms with Gasteiger partial charge in [-0.25, -0.2) is 0 Å². The van der Waals surface area contributed by atoms with Gasteiger partial charge in [0.2, 0.25) is 0 Å². The summed E-state index contributed by atoms with van der Waals surface area (Å²) in [5, 5.41) is 5.07. The van der Waals surface area contributed by atoms with Crippen molar-refractivity contribution in [1.29, 1.82) is 0 Å². The molecule has 0 aliphatic rings. The fraction of sp³-hybridized carbons (Fsp3) is 0. The molecule has 0 atom stereocenters. The highest BCUT2D eigenvalue weighted by Gasteiger charge is 2.16. The molecular weight excluding hydrogens is 615 g/mol. The maximum absolute atomic E-state index is 2.38. The smallest absolute Gasteiger partial charge is 0.0462 e. The lowest BCUT2D eigenvalue weighted by molar-refractivity contribution is 1.28. The van der Waals surface area contributed by atoms with Gasteiger partial charge in [0.1, 0.15) is 0 Å². The van der Waals surface area contributed by atoms with Crippen LogP contribution in [0.15, 0.2) is 212 Å². The van der Waals surface area contributed by atoms with Crippen LogP contribution in [0.1, 0.15) is 0 Å². The van der Waals surface area contributed by atoms with Crippen molar-refractivity contribution in [2.45, 2.75) is 0 Å². The minimum absolute atomic E-state index is 1.11. The molecular formula is C50H35N. The summed E-state index contributed by atoms with van der Waals surface area (Å²) >= 11 is 0. The number of hydrogen-bond donors (Lipinski definition) is 0. The Morgan fingerprint density at radius 2 is 0.569 bits per heavy atom. The highest BCUT2D eigenvalue weighted by atomic mass is 15.1. The zero-order chi connectivity index (χ0) is 34.0. The van der Waals surface area contributed by atoms with E-state index in [-0.39, 0.29) is 0 Å². The van der Waals surface area contributed by atoms with Gasteiger partial charge < -0.3 is 4.90 Å². The Bertz CT molecular complexity index is 2490. The molecule has 240 valence electrons. The fourth-order valence-electron chi connectivity index (χ4n) is 7.34. The first-order valence-electron chi connectivity index (χ1n) is 17.5. The molecule has 0 unspecified atom stereocenters. The standard InChI is InChI=1S/C50H35N/c1-4-13-36(14-5-1)38-23-29-42(30-24-38)51(43-31-25-39(26-32-43)37-15-6-2-7-16-37)44-33-27-41(28-34-44)45-21-12-22-48-46-19-10-11-20-47(46)49(35-50(45)48)40-17-8-3-9-18-40/h1-35H.